The molecule has 39 heavy (non-hydrogen) atoms. The van der Waals surface area contributed by atoms with Crippen LogP contribution in [0.4, 0.5) is 0 Å². The summed E-state index contributed by atoms with van der Waals surface area (Å²) in [5.74, 6) is 1.55. The van der Waals surface area contributed by atoms with E-state index in [0.717, 1.165) is 56.8 Å². The molecule has 3 atom stereocenters. The summed E-state index contributed by atoms with van der Waals surface area (Å²) in [4.78, 5) is 31.6. The van der Waals surface area contributed by atoms with Crippen LogP contribution in [0.5, 0.6) is 0 Å². The van der Waals surface area contributed by atoms with E-state index in [4.69, 9.17) is 11.6 Å². The number of likely N-dealkylation sites (tertiary alicyclic amines) is 2. The number of carbonyl (C=O) groups excluding carboxylic acids is 2. The van der Waals surface area contributed by atoms with Crippen LogP contribution in [-0.2, 0) is 9.59 Å². The normalized spacial score (nSPS) is 29.4. The second kappa shape index (κ2) is 11.7. The van der Waals surface area contributed by atoms with Crippen LogP contribution in [0.2, 0.25) is 5.02 Å². The van der Waals surface area contributed by atoms with Crippen molar-refractivity contribution in [1.29, 1.82) is 0 Å². The van der Waals surface area contributed by atoms with E-state index in [0.29, 0.717) is 36.2 Å². The van der Waals surface area contributed by atoms with Crippen LogP contribution in [0.3, 0.4) is 0 Å². The fraction of sp³-hybridized carbons (Fsp3) is 0.758. The summed E-state index contributed by atoms with van der Waals surface area (Å²) in [6.45, 7) is 11.4. The summed E-state index contributed by atoms with van der Waals surface area (Å²) >= 11 is 6.20. The third-order valence-corrected chi connectivity index (χ3v) is 11.0. The largest absolute Gasteiger partial charge is 0.342 e. The van der Waals surface area contributed by atoms with Gasteiger partial charge >= 0.3 is 0 Å². The van der Waals surface area contributed by atoms with Crippen molar-refractivity contribution in [1.82, 2.24) is 15.1 Å². The molecule has 1 aromatic rings. The molecule has 2 saturated heterocycles. The topological polar surface area (TPSA) is 52.7 Å². The molecule has 0 bridgehead atoms. The summed E-state index contributed by atoms with van der Waals surface area (Å²) in [6, 6.07) is 8.91. The van der Waals surface area contributed by atoms with E-state index in [-0.39, 0.29) is 22.8 Å². The van der Waals surface area contributed by atoms with Crippen molar-refractivity contribution in [2.45, 2.75) is 122 Å². The van der Waals surface area contributed by atoms with Crippen LogP contribution in [-0.4, -0.2) is 58.9 Å². The molecular weight excluding hydrogens is 506 g/mol. The van der Waals surface area contributed by atoms with E-state index in [1.165, 1.54) is 37.7 Å². The molecule has 2 amide bonds. The van der Waals surface area contributed by atoms with E-state index in [2.05, 4.69) is 54.9 Å². The Morgan fingerprint density at radius 2 is 1.69 bits per heavy atom. The Bertz CT molecular complexity index is 1010. The van der Waals surface area contributed by atoms with Gasteiger partial charge in [0, 0.05) is 54.6 Å². The van der Waals surface area contributed by atoms with Gasteiger partial charge in [0.05, 0.1) is 0 Å². The minimum atomic E-state index is -0.0558. The molecule has 2 aliphatic carbocycles. The number of hydrogen-bond donors (Lipinski definition) is 1. The Hall–Kier alpha value is -1.59. The van der Waals surface area contributed by atoms with Crippen molar-refractivity contribution in [3.8, 4) is 0 Å². The molecule has 1 N–H and O–H groups in total. The number of carbonyl (C=O) groups is 2. The average molecular weight is 556 g/mol. The second-order valence-corrected chi connectivity index (χ2v) is 14.5. The first-order valence-electron chi connectivity index (χ1n) is 15.7. The van der Waals surface area contributed by atoms with Crippen molar-refractivity contribution >= 4 is 23.4 Å². The number of benzene rings is 1. The summed E-state index contributed by atoms with van der Waals surface area (Å²) in [6.07, 6.45) is 12.1. The van der Waals surface area contributed by atoms with Gasteiger partial charge in [0.1, 0.15) is 0 Å². The maximum Gasteiger partial charge on any atom is 0.226 e. The maximum absolute atomic E-state index is 14.2. The summed E-state index contributed by atoms with van der Waals surface area (Å²) in [7, 11) is 0. The van der Waals surface area contributed by atoms with Gasteiger partial charge in [-0.05, 0) is 93.7 Å². The summed E-state index contributed by atoms with van der Waals surface area (Å²) in [5.41, 5.74) is 1.32. The van der Waals surface area contributed by atoms with Crippen molar-refractivity contribution in [3.05, 3.63) is 34.9 Å². The van der Waals surface area contributed by atoms with Gasteiger partial charge in [-0.15, -0.1) is 0 Å². The highest BCUT2D eigenvalue weighted by Crippen LogP contribution is 2.49. The van der Waals surface area contributed by atoms with Gasteiger partial charge in [-0.25, -0.2) is 0 Å². The molecule has 6 heteroatoms. The fourth-order valence-electron chi connectivity index (χ4n) is 8.45. The Balaban J connectivity index is 1.33. The number of hydrogen-bond acceptors (Lipinski definition) is 3. The predicted octanol–water partition coefficient (Wildman–Crippen LogP) is 6.79. The predicted molar refractivity (Wildman–Crippen MR) is 159 cm³/mol. The van der Waals surface area contributed by atoms with E-state index < -0.39 is 0 Å². The molecule has 4 aliphatic rings. The van der Waals surface area contributed by atoms with E-state index in [1.54, 1.807) is 0 Å². The zero-order valence-electron chi connectivity index (χ0n) is 24.7. The Labute approximate surface area is 241 Å². The van der Waals surface area contributed by atoms with Crippen LogP contribution in [0.15, 0.2) is 24.3 Å². The molecule has 0 radical (unpaired) electrons. The molecule has 0 aromatic heterocycles. The highest BCUT2D eigenvalue weighted by Gasteiger charge is 2.49. The van der Waals surface area contributed by atoms with Gasteiger partial charge in [-0.1, -0.05) is 56.8 Å². The van der Waals surface area contributed by atoms with Gasteiger partial charge < -0.3 is 15.1 Å². The highest BCUT2D eigenvalue weighted by molar-refractivity contribution is 6.30. The van der Waals surface area contributed by atoms with Gasteiger partial charge in [-0.3, -0.25) is 9.59 Å². The van der Waals surface area contributed by atoms with Crippen molar-refractivity contribution in [2.24, 2.45) is 17.3 Å². The maximum atomic E-state index is 14.2. The zero-order chi connectivity index (χ0) is 27.8. The molecule has 0 spiro atoms. The summed E-state index contributed by atoms with van der Waals surface area (Å²) in [5, 5.41) is 4.46. The standard InChI is InChI=1S/C33H50ClN3O2/c1-23(2)35-27-20-28(24-10-12-26(34)13-11-24)29(21-27)31(39)36-18-16-33(17-19-36,25-8-6-5-7-9-25)22-37-30(38)14-15-32(37,3)4/h10-13,23,25,27-29,35H,5-9,14-22H2,1-4H3/t27?,28-,29+/m0/s1. The minimum absolute atomic E-state index is 0.00343. The molecule has 1 unspecified atom stereocenters. The number of nitrogens with zero attached hydrogens (tertiary/aromatic N) is 2. The quantitative estimate of drug-likeness (QED) is 0.403. The third kappa shape index (κ3) is 6.20. The van der Waals surface area contributed by atoms with E-state index in [1.807, 2.05) is 12.1 Å². The highest BCUT2D eigenvalue weighted by atomic mass is 35.5. The van der Waals surface area contributed by atoms with Crippen molar-refractivity contribution in [3.63, 3.8) is 0 Å². The molecule has 4 fully saturated rings. The van der Waals surface area contributed by atoms with E-state index >= 15 is 0 Å². The molecule has 216 valence electrons. The third-order valence-electron chi connectivity index (χ3n) is 10.7. The van der Waals surface area contributed by atoms with Crippen LogP contribution in [0, 0.1) is 17.3 Å². The zero-order valence-corrected chi connectivity index (χ0v) is 25.4. The number of rotatable bonds is 7. The number of nitrogens with one attached hydrogen (secondary N) is 1. The van der Waals surface area contributed by atoms with Gasteiger partial charge in [0.25, 0.3) is 0 Å². The van der Waals surface area contributed by atoms with Gasteiger partial charge in [0.2, 0.25) is 11.8 Å². The lowest BCUT2D eigenvalue weighted by Crippen LogP contribution is -2.55. The van der Waals surface area contributed by atoms with Gasteiger partial charge in [-0.2, -0.15) is 0 Å². The molecule has 1 aromatic carbocycles. The molecule has 5 nitrogen and oxygen atoms in total. The Morgan fingerprint density at radius 1 is 1.03 bits per heavy atom. The van der Waals surface area contributed by atoms with Crippen LogP contribution in [0.1, 0.15) is 110 Å². The Morgan fingerprint density at radius 3 is 2.28 bits per heavy atom. The fourth-order valence-corrected chi connectivity index (χ4v) is 8.58. The SMILES string of the molecule is CC(C)NC1C[C@@H](C(=O)N2CCC(CN3C(=O)CCC3(C)C)(C3CCCCC3)CC2)[C@H](c2ccc(Cl)cc2)C1. The minimum Gasteiger partial charge on any atom is -0.342 e. The smallest absolute Gasteiger partial charge is 0.226 e. The van der Waals surface area contributed by atoms with E-state index in [9.17, 15) is 9.59 Å². The van der Waals surface area contributed by atoms with Crippen LogP contribution in [0.25, 0.3) is 0 Å². The number of halogens is 1. The molecule has 2 aliphatic heterocycles. The molecule has 2 saturated carbocycles. The molecule has 2 heterocycles. The lowest BCUT2D eigenvalue weighted by molar-refractivity contribution is -0.142. The van der Waals surface area contributed by atoms with Gasteiger partial charge in [0.15, 0.2) is 0 Å². The first-order valence-corrected chi connectivity index (χ1v) is 16.1. The van der Waals surface area contributed by atoms with Crippen molar-refractivity contribution in [2.75, 3.05) is 19.6 Å². The average Bonchev–Trinajstić information content (AvgIpc) is 3.45. The molecule has 5 rings (SSSR count). The number of piperidine rings is 1. The first kappa shape index (κ1) is 28.9. The van der Waals surface area contributed by atoms with Crippen LogP contribution < -0.4 is 5.32 Å². The number of amides is 2. The van der Waals surface area contributed by atoms with Crippen LogP contribution >= 0.6 is 11.6 Å². The Kier molecular flexibility index (Phi) is 8.69. The lowest BCUT2D eigenvalue weighted by atomic mass is 9.63. The first-order chi connectivity index (χ1) is 18.6. The van der Waals surface area contributed by atoms with Crippen molar-refractivity contribution < 1.29 is 9.59 Å². The lowest BCUT2D eigenvalue weighted by Gasteiger charge is -2.51. The monoisotopic (exact) mass is 555 g/mol. The summed E-state index contributed by atoms with van der Waals surface area (Å²) < 4.78 is 0. The second-order valence-electron chi connectivity index (χ2n) is 14.1. The molecular formula is C33H50ClN3O2.